The third kappa shape index (κ3) is 3.24. The van der Waals surface area contributed by atoms with Crippen molar-refractivity contribution in [1.82, 2.24) is 10.2 Å². The molecule has 0 fully saturated rings. The Morgan fingerprint density at radius 3 is 2.38 bits per heavy atom. The van der Waals surface area contributed by atoms with Gasteiger partial charge in [-0.2, -0.15) is 13.2 Å². The third-order valence-electron chi connectivity index (χ3n) is 3.00. The number of halogens is 5. The van der Waals surface area contributed by atoms with E-state index < -0.39 is 17.6 Å². The highest BCUT2D eigenvalue weighted by molar-refractivity contribution is 6.30. The van der Waals surface area contributed by atoms with E-state index in [2.05, 4.69) is 15.5 Å². The summed E-state index contributed by atoms with van der Waals surface area (Å²) in [6.45, 7) is 3.41. The van der Waals surface area contributed by atoms with Crippen LogP contribution in [0.5, 0.6) is 0 Å². The van der Waals surface area contributed by atoms with E-state index in [4.69, 9.17) is 11.6 Å². The van der Waals surface area contributed by atoms with Gasteiger partial charge in [-0.25, -0.2) is 4.39 Å². The molecule has 0 aliphatic heterocycles. The molecule has 21 heavy (non-hydrogen) atoms. The number of benzene rings is 1. The summed E-state index contributed by atoms with van der Waals surface area (Å²) in [5.41, 5.74) is 0.0202. The van der Waals surface area contributed by atoms with Crippen LogP contribution < -0.4 is 5.32 Å². The van der Waals surface area contributed by atoms with Crippen LogP contribution in [0.1, 0.15) is 16.7 Å². The quantitative estimate of drug-likeness (QED) is 0.819. The van der Waals surface area contributed by atoms with Gasteiger partial charge in [-0.05, 0) is 43.2 Å². The number of nitrogens with one attached hydrogen (secondary N) is 1. The van der Waals surface area contributed by atoms with E-state index in [0.29, 0.717) is 17.2 Å². The summed E-state index contributed by atoms with van der Waals surface area (Å²) >= 11 is 5.80. The van der Waals surface area contributed by atoms with Crippen LogP contribution in [0, 0.1) is 19.7 Å². The van der Waals surface area contributed by atoms with Crippen molar-refractivity contribution in [1.29, 1.82) is 0 Å². The van der Waals surface area contributed by atoms with Crippen molar-refractivity contribution in [2.45, 2.75) is 20.0 Å². The minimum atomic E-state index is -4.77. The van der Waals surface area contributed by atoms with E-state index in [1.807, 2.05) is 0 Å². The molecule has 1 heterocycles. The number of hydrogen-bond donors (Lipinski definition) is 1. The molecule has 0 aliphatic rings. The Kier molecular flexibility index (Phi) is 4.04. The van der Waals surface area contributed by atoms with E-state index >= 15 is 0 Å². The summed E-state index contributed by atoms with van der Waals surface area (Å²) in [6, 6.07) is 2.62. The maximum Gasteiger partial charge on any atom is 0.419 e. The maximum atomic E-state index is 13.2. The first-order valence-corrected chi connectivity index (χ1v) is 6.21. The molecule has 1 aromatic heterocycles. The highest BCUT2D eigenvalue weighted by Crippen LogP contribution is 2.34. The van der Waals surface area contributed by atoms with Crippen LogP contribution in [-0.4, -0.2) is 10.2 Å². The number of aromatic nitrogens is 2. The molecule has 0 amide bonds. The van der Waals surface area contributed by atoms with Crippen molar-refractivity contribution < 1.29 is 17.6 Å². The molecule has 8 heteroatoms. The van der Waals surface area contributed by atoms with Gasteiger partial charge in [-0.3, -0.25) is 0 Å². The molecule has 0 aliphatic carbocycles. The Balaban J connectivity index is 2.39. The van der Waals surface area contributed by atoms with Crippen LogP contribution in [-0.2, 0) is 6.18 Å². The van der Waals surface area contributed by atoms with Crippen molar-refractivity contribution in [3.63, 3.8) is 0 Å². The minimum absolute atomic E-state index is 0.0582. The zero-order valence-electron chi connectivity index (χ0n) is 11.0. The Morgan fingerprint density at radius 1 is 1.10 bits per heavy atom. The molecule has 1 N–H and O–H groups in total. The van der Waals surface area contributed by atoms with Crippen molar-refractivity contribution >= 4 is 23.1 Å². The van der Waals surface area contributed by atoms with Gasteiger partial charge in [0.25, 0.3) is 0 Å². The monoisotopic (exact) mass is 319 g/mol. The third-order valence-corrected chi connectivity index (χ3v) is 3.36. The molecule has 112 valence electrons. The van der Waals surface area contributed by atoms with Crippen molar-refractivity contribution in [3.8, 4) is 0 Å². The van der Waals surface area contributed by atoms with Gasteiger partial charge in [0.05, 0.1) is 5.56 Å². The first kappa shape index (κ1) is 15.5. The fourth-order valence-electron chi connectivity index (χ4n) is 1.65. The summed E-state index contributed by atoms with van der Waals surface area (Å²) in [5, 5.41) is 10.4. The van der Waals surface area contributed by atoms with Crippen molar-refractivity contribution in [3.05, 3.63) is 45.9 Å². The fraction of sp³-hybridized carbons (Fsp3) is 0.231. The average Bonchev–Trinajstić information content (AvgIpc) is 2.40. The lowest BCUT2D eigenvalue weighted by Gasteiger charge is -2.13. The van der Waals surface area contributed by atoms with Crippen LogP contribution in [0.15, 0.2) is 18.2 Å². The first-order chi connectivity index (χ1) is 9.70. The van der Waals surface area contributed by atoms with E-state index in [0.717, 1.165) is 6.07 Å². The van der Waals surface area contributed by atoms with Crippen LogP contribution in [0.3, 0.4) is 0 Å². The Hall–Kier alpha value is -1.89. The molecular formula is C13H10ClF4N3. The molecule has 0 unspecified atom stereocenters. The average molecular weight is 320 g/mol. The van der Waals surface area contributed by atoms with Gasteiger partial charge in [-0.15, -0.1) is 10.2 Å². The van der Waals surface area contributed by atoms with Crippen LogP contribution in [0.4, 0.5) is 29.1 Å². The lowest BCUT2D eigenvalue weighted by Crippen LogP contribution is -2.09. The smallest absolute Gasteiger partial charge is 0.338 e. The van der Waals surface area contributed by atoms with Gasteiger partial charge in [0.15, 0.2) is 11.0 Å². The van der Waals surface area contributed by atoms with Crippen LogP contribution >= 0.6 is 11.6 Å². The summed E-state index contributed by atoms with van der Waals surface area (Å²) in [6.07, 6.45) is -4.77. The largest absolute Gasteiger partial charge is 0.419 e. The molecule has 0 spiro atoms. The van der Waals surface area contributed by atoms with E-state index in [1.165, 1.54) is 6.07 Å². The van der Waals surface area contributed by atoms with Crippen LogP contribution in [0.2, 0.25) is 5.15 Å². The number of anilines is 2. The standard InChI is InChI=1S/C13H10ClF4N3/c1-6-7(2)12(21-20-11(6)14)19-8-3-4-10(15)9(5-8)13(16,17)18/h3-5H,1-2H3,(H,19,21). The van der Waals surface area contributed by atoms with Crippen LogP contribution in [0.25, 0.3) is 0 Å². The van der Waals surface area contributed by atoms with Crippen molar-refractivity contribution in [2.75, 3.05) is 5.32 Å². The van der Waals surface area contributed by atoms with Crippen molar-refractivity contribution in [2.24, 2.45) is 0 Å². The summed E-state index contributed by atoms with van der Waals surface area (Å²) < 4.78 is 51.2. The number of rotatable bonds is 2. The van der Waals surface area contributed by atoms with Gasteiger partial charge >= 0.3 is 6.18 Å². The highest BCUT2D eigenvalue weighted by Gasteiger charge is 2.34. The maximum absolute atomic E-state index is 13.2. The molecule has 0 atom stereocenters. The Bertz CT molecular complexity index is 686. The molecule has 2 rings (SSSR count). The Morgan fingerprint density at radius 2 is 1.76 bits per heavy atom. The second-order valence-electron chi connectivity index (χ2n) is 4.41. The fourth-order valence-corrected chi connectivity index (χ4v) is 1.83. The second kappa shape index (κ2) is 5.48. The van der Waals surface area contributed by atoms with Gasteiger partial charge < -0.3 is 5.32 Å². The first-order valence-electron chi connectivity index (χ1n) is 5.83. The molecule has 1 aromatic carbocycles. The van der Waals surface area contributed by atoms with Gasteiger partial charge in [-0.1, -0.05) is 11.6 Å². The topological polar surface area (TPSA) is 37.8 Å². The van der Waals surface area contributed by atoms with E-state index in [1.54, 1.807) is 13.8 Å². The predicted molar refractivity (Wildman–Crippen MR) is 71.2 cm³/mol. The van der Waals surface area contributed by atoms with Gasteiger partial charge in [0.1, 0.15) is 5.82 Å². The second-order valence-corrected chi connectivity index (χ2v) is 4.76. The zero-order valence-corrected chi connectivity index (χ0v) is 11.8. The molecule has 0 saturated heterocycles. The summed E-state index contributed by atoms with van der Waals surface area (Å²) in [4.78, 5) is 0. The number of alkyl halides is 3. The van der Waals surface area contributed by atoms with E-state index in [-0.39, 0.29) is 16.7 Å². The molecule has 0 saturated carbocycles. The summed E-state index contributed by atoms with van der Waals surface area (Å²) in [5.74, 6) is -1.07. The molecule has 0 radical (unpaired) electrons. The van der Waals surface area contributed by atoms with Gasteiger partial charge in [0.2, 0.25) is 0 Å². The SMILES string of the molecule is Cc1c(Cl)nnc(Nc2ccc(F)c(C(F)(F)F)c2)c1C. The molecule has 0 bridgehead atoms. The Labute approximate surface area is 123 Å². The molecular weight excluding hydrogens is 310 g/mol. The zero-order chi connectivity index (χ0) is 15.8. The highest BCUT2D eigenvalue weighted by atomic mass is 35.5. The lowest BCUT2D eigenvalue weighted by molar-refractivity contribution is -0.139. The van der Waals surface area contributed by atoms with E-state index in [9.17, 15) is 17.6 Å². The van der Waals surface area contributed by atoms with Gasteiger partial charge in [0, 0.05) is 5.69 Å². The predicted octanol–water partition coefficient (Wildman–Crippen LogP) is 4.65. The number of nitrogens with zero attached hydrogens (tertiary/aromatic N) is 2. The number of hydrogen-bond acceptors (Lipinski definition) is 3. The lowest BCUT2D eigenvalue weighted by atomic mass is 10.1. The summed E-state index contributed by atoms with van der Waals surface area (Å²) in [7, 11) is 0. The minimum Gasteiger partial charge on any atom is -0.338 e. The normalized spacial score (nSPS) is 11.6. The molecule has 3 nitrogen and oxygen atoms in total. The molecule has 2 aromatic rings.